The average molecular weight is 457 g/mol. The van der Waals surface area contributed by atoms with Crippen molar-refractivity contribution in [2.45, 2.75) is 156 Å². The van der Waals surface area contributed by atoms with Crippen molar-refractivity contribution in [3.05, 3.63) is 0 Å². The molecule has 3 rings (SSSR count). The molecular weight excluding hydrogens is 395 g/mol. The molecule has 0 heterocycles. The summed E-state index contributed by atoms with van der Waals surface area (Å²) in [5.41, 5.74) is 0. The van der Waals surface area contributed by atoms with Gasteiger partial charge in [0, 0.05) is 0 Å². The van der Waals surface area contributed by atoms with Gasteiger partial charge in [0.05, 0.1) is 0 Å². The Hall–Kier alpha value is 0.0649. The summed E-state index contributed by atoms with van der Waals surface area (Å²) >= 11 is 0. The molecule has 0 aromatic rings. The van der Waals surface area contributed by atoms with E-state index in [1.54, 1.807) is 83.5 Å². The number of rotatable bonds is 15. The average Bonchev–Trinajstić information content (AvgIpc) is 2.78. The van der Waals surface area contributed by atoms with E-state index in [1.807, 2.05) is 0 Å². The Kier molecular flexibility index (Phi) is 12.8. The molecular formula is C32H61B. The Morgan fingerprint density at radius 2 is 1.24 bits per heavy atom. The molecule has 3 fully saturated rings. The Labute approximate surface area is 210 Å². The van der Waals surface area contributed by atoms with Crippen LogP contribution in [-0.4, -0.2) is 7.85 Å². The minimum absolute atomic E-state index is 0.885. The molecule has 0 aromatic heterocycles. The Morgan fingerprint density at radius 1 is 0.636 bits per heavy atom. The second-order valence-corrected chi connectivity index (χ2v) is 13.7. The molecule has 3 saturated carbocycles. The molecule has 0 saturated heterocycles. The first-order chi connectivity index (χ1) is 16.0. The van der Waals surface area contributed by atoms with E-state index in [4.69, 9.17) is 0 Å². The molecule has 192 valence electrons. The largest absolute Gasteiger partial charge is 0.101 e. The van der Waals surface area contributed by atoms with Gasteiger partial charge in [-0.25, -0.2) is 0 Å². The monoisotopic (exact) mass is 456 g/mol. The predicted octanol–water partition coefficient (Wildman–Crippen LogP) is 9.87. The zero-order valence-corrected chi connectivity index (χ0v) is 23.5. The van der Waals surface area contributed by atoms with Crippen LogP contribution in [-0.2, 0) is 0 Å². The van der Waals surface area contributed by atoms with E-state index < -0.39 is 0 Å². The maximum Gasteiger partial charge on any atom is 0.101 e. The first-order valence-corrected chi connectivity index (χ1v) is 16.0. The van der Waals surface area contributed by atoms with Gasteiger partial charge >= 0.3 is 0 Å². The molecule has 6 atom stereocenters. The topological polar surface area (TPSA) is 0 Å². The van der Waals surface area contributed by atoms with E-state index >= 15 is 0 Å². The van der Waals surface area contributed by atoms with E-state index in [0.717, 1.165) is 47.3 Å². The molecule has 0 radical (unpaired) electrons. The fourth-order valence-corrected chi connectivity index (χ4v) is 8.14. The lowest BCUT2D eigenvalue weighted by molar-refractivity contribution is 0.106. The van der Waals surface area contributed by atoms with Crippen LogP contribution in [0.3, 0.4) is 0 Å². The van der Waals surface area contributed by atoms with Crippen molar-refractivity contribution in [3.63, 3.8) is 0 Å². The Morgan fingerprint density at radius 3 is 1.94 bits per heavy atom. The van der Waals surface area contributed by atoms with E-state index in [1.165, 1.54) is 51.3 Å². The molecule has 6 unspecified atom stereocenters. The summed E-state index contributed by atoms with van der Waals surface area (Å²) in [6.07, 6.45) is 32.1. The van der Waals surface area contributed by atoms with Crippen LogP contribution < -0.4 is 0 Å². The third-order valence-electron chi connectivity index (χ3n) is 10.6. The molecule has 0 aromatic carbocycles. The van der Waals surface area contributed by atoms with Gasteiger partial charge in [0.15, 0.2) is 0 Å². The first kappa shape index (κ1) is 27.6. The van der Waals surface area contributed by atoms with E-state index in [9.17, 15) is 0 Å². The molecule has 3 aliphatic carbocycles. The molecule has 0 nitrogen and oxygen atoms in total. The van der Waals surface area contributed by atoms with Crippen LogP contribution in [0.15, 0.2) is 0 Å². The summed E-state index contributed by atoms with van der Waals surface area (Å²) in [4.78, 5) is 0. The smallest absolute Gasteiger partial charge is 0.0780 e. The van der Waals surface area contributed by atoms with Crippen LogP contribution in [0.1, 0.15) is 149 Å². The zero-order chi connectivity index (χ0) is 23.5. The number of hydrogen-bond acceptors (Lipinski definition) is 0. The van der Waals surface area contributed by atoms with E-state index in [0.29, 0.717) is 0 Å². The van der Waals surface area contributed by atoms with Crippen molar-refractivity contribution in [1.82, 2.24) is 0 Å². The molecule has 1 heteroatoms. The third kappa shape index (κ3) is 9.92. The zero-order valence-electron chi connectivity index (χ0n) is 23.5. The number of hydrogen-bond donors (Lipinski definition) is 0. The van der Waals surface area contributed by atoms with Gasteiger partial charge in [0.1, 0.15) is 7.85 Å². The van der Waals surface area contributed by atoms with Crippen LogP contribution in [0.5, 0.6) is 0 Å². The van der Waals surface area contributed by atoms with Gasteiger partial charge < -0.3 is 0 Å². The summed E-state index contributed by atoms with van der Waals surface area (Å²) in [7, 11) is 2.50. The van der Waals surface area contributed by atoms with Gasteiger partial charge in [-0.05, 0) is 60.2 Å². The second-order valence-electron chi connectivity index (χ2n) is 13.7. The van der Waals surface area contributed by atoms with Crippen molar-refractivity contribution in [3.8, 4) is 0 Å². The first-order valence-electron chi connectivity index (χ1n) is 16.0. The van der Waals surface area contributed by atoms with Gasteiger partial charge in [-0.15, -0.1) is 0 Å². The van der Waals surface area contributed by atoms with Crippen LogP contribution in [0.4, 0.5) is 0 Å². The minimum atomic E-state index is 0.885. The normalized spacial score (nSPS) is 30.8. The minimum Gasteiger partial charge on any atom is -0.0780 e. The van der Waals surface area contributed by atoms with Crippen LogP contribution in [0.25, 0.3) is 0 Å². The maximum absolute atomic E-state index is 2.52. The molecule has 0 aliphatic heterocycles. The van der Waals surface area contributed by atoms with Gasteiger partial charge in [-0.3, -0.25) is 0 Å². The van der Waals surface area contributed by atoms with Crippen LogP contribution >= 0.6 is 0 Å². The highest BCUT2D eigenvalue weighted by Gasteiger charge is 2.34. The van der Waals surface area contributed by atoms with Crippen molar-refractivity contribution in [1.29, 1.82) is 0 Å². The molecule has 0 spiro atoms. The molecule has 0 bridgehead atoms. The Balaban J connectivity index is 1.35. The summed E-state index contributed by atoms with van der Waals surface area (Å²) in [6.45, 7) is 7.26. The van der Waals surface area contributed by atoms with Crippen molar-refractivity contribution < 1.29 is 0 Å². The summed E-state index contributed by atoms with van der Waals surface area (Å²) < 4.78 is 0. The third-order valence-corrected chi connectivity index (χ3v) is 10.6. The molecule has 0 N–H and O–H groups in total. The maximum atomic E-state index is 2.52. The lowest BCUT2D eigenvalue weighted by Crippen LogP contribution is -2.30. The molecule has 0 amide bonds. The van der Waals surface area contributed by atoms with Crippen molar-refractivity contribution in [2.75, 3.05) is 0 Å². The van der Waals surface area contributed by atoms with Gasteiger partial charge in [-0.2, -0.15) is 0 Å². The highest BCUT2D eigenvalue weighted by atomic mass is 14.4. The second kappa shape index (κ2) is 15.2. The van der Waals surface area contributed by atoms with Gasteiger partial charge in [0.2, 0.25) is 0 Å². The molecule has 3 aliphatic rings. The van der Waals surface area contributed by atoms with E-state index in [-0.39, 0.29) is 0 Å². The summed E-state index contributed by atoms with van der Waals surface area (Å²) in [5, 5.41) is 0. The molecule has 33 heavy (non-hydrogen) atoms. The highest BCUT2D eigenvalue weighted by molar-refractivity contribution is 6.08. The standard InChI is InChI=1S/C32H61B/c1-25(2)10-4-11-26(3)12-5-16-28-17-8-18-29(22-28)30-19-9-20-31(23-30)32(24-33)21-7-15-27-13-6-14-27/h25-32H,4-24,33H2,1-3H3. The lowest BCUT2D eigenvalue weighted by atomic mass is 9.63. The SMILES string of the molecule is BCC(CCCC1CCC1)C1CCCC(C2CCCC(CCCC(C)CCCC(C)C)C2)C1. The summed E-state index contributed by atoms with van der Waals surface area (Å²) in [5.74, 6) is 8.31. The fourth-order valence-electron chi connectivity index (χ4n) is 8.14. The van der Waals surface area contributed by atoms with Crippen LogP contribution in [0.2, 0.25) is 6.32 Å². The quantitative estimate of drug-likeness (QED) is 0.215. The van der Waals surface area contributed by atoms with E-state index in [2.05, 4.69) is 28.6 Å². The van der Waals surface area contributed by atoms with Gasteiger partial charge in [-0.1, -0.05) is 143 Å². The summed E-state index contributed by atoms with van der Waals surface area (Å²) in [6, 6.07) is 0. The van der Waals surface area contributed by atoms with Gasteiger partial charge in [0.25, 0.3) is 0 Å². The fraction of sp³-hybridized carbons (Fsp3) is 1.00. The predicted molar refractivity (Wildman–Crippen MR) is 151 cm³/mol. The van der Waals surface area contributed by atoms with Crippen molar-refractivity contribution >= 4 is 7.85 Å². The lowest BCUT2D eigenvalue weighted by Gasteiger charge is -2.41. The Bertz CT molecular complexity index is 495. The highest BCUT2D eigenvalue weighted by Crippen LogP contribution is 2.46. The van der Waals surface area contributed by atoms with Crippen LogP contribution in [0, 0.1) is 47.3 Å². The van der Waals surface area contributed by atoms with Crippen molar-refractivity contribution in [2.24, 2.45) is 47.3 Å².